The zero-order valence-corrected chi connectivity index (χ0v) is 8.45. The molecule has 0 aromatic carbocycles. The molecule has 0 radical (unpaired) electrons. The molecule has 0 saturated carbocycles. The highest BCUT2D eigenvalue weighted by Gasteiger charge is 2.47. The number of amides is 1. The van der Waals surface area contributed by atoms with Gasteiger partial charge in [0, 0.05) is 18.5 Å². The Morgan fingerprint density at radius 2 is 2.00 bits per heavy atom. The van der Waals surface area contributed by atoms with Gasteiger partial charge >= 0.3 is 6.18 Å². The van der Waals surface area contributed by atoms with Crippen molar-refractivity contribution in [3.63, 3.8) is 0 Å². The molecule has 0 aromatic rings. The van der Waals surface area contributed by atoms with Gasteiger partial charge in [-0.2, -0.15) is 13.2 Å². The Balaban J connectivity index is 2.41. The van der Waals surface area contributed by atoms with E-state index in [0.717, 1.165) is 0 Å². The van der Waals surface area contributed by atoms with E-state index in [1.165, 1.54) is 11.8 Å². The predicted octanol–water partition coefficient (Wildman–Crippen LogP) is 2.03. The Labute approximate surface area is 85.0 Å². The normalized spacial score (nSPS) is 20.5. The van der Waals surface area contributed by atoms with E-state index in [-0.39, 0.29) is 24.9 Å². The minimum Gasteiger partial charge on any atom is -0.340 e. The van der Waals surface area contributed by atoms with Gasteiger partial charge in [-0.3, -0.25) is 4.79 Å². The molecule has 1 rings (SSSR count). The molecular weight excluding hydrogens is 219 g/mol. The summed E-state index contributed by atoms with van der Waals surface area (Å²) in [5.41, 5.74) is -0.819. The first-order valence-electron chi connectivity index (χ1n) is 4.16. The molecule has 2 nitrogen and oxygen atoms in total. The third-order valence-electron chi connectivity index (χ3n) is 2.24. The average Bonchev–Trinajstić information content (AvgIpc) is 1.95. The third kappa shape index (κ3) is 2.77. The van der Waals surface area contributed by atoms with Crippen LogP contribution in [0.25, 0.3) is 0 Å². The Hall–Kier alpha value is -0.450. The third-order valence-corrected chi connectivity index (χ3v) is 2.47. The van der Waals surface area contributed by atoms with E-state index in [1.807, 2.05) is 0 Å². The van der Waals surface area contributed by atoms with Crippen LogP contribution in [0.1, 0.15) is 13.3 Å². The molecule has 14 heavy (non-hydrogen) atoms. The van der Waals surface area contributed by atoms with Crippen LogP contribution in [0.5, 0.6) is 0 Å². The topological polar surface area (TPSA) is 20.3 Å². The van der Waals surface area contributed by atoms with E-state index in [9.17, 15) is 18.0 Å². The number of carbonyl (C=O) groups excluding carboxylic acids is 1. The minimum atomic E-state index is -4.16. The van der Waals surface area contributed by atoms with Crippen molar-refractivity contribution in [2.75, 3.05) is 19.0 Å². The molecular formula is C8H11ClF3NO. The highest BCUT2D eigenvalue weighted by Crippen LogP contribution is 2.40. The lowest BCUT2D eigenvalue weighted by Crippen LogP contribution is -2.58. The fourth-order valence-electron chi connectivity index (χ4n) is 1.73. The van der Waals surface area contributed by atoms with Gasteiger partial charge in [0.05, 0.1) is 6.42 Å². The zero-order chi connectivity index (χ0) is 11.0. The summed E-state index contributed by atoms with van der Waals surface area (Å²) in [7, 11) is 0. The molecule has 0 N–H and O–H groups in total. The Bertz CT molecular complexity index is 235. The molecule has 0 bridgehead atoms. The molecule has 6 heteroatoms. The highest BCUT2D eigenvalue weighted by atomic mass is 35.5. The number of hydrogen-bond acceptors (Lipinski definition) is 1. The molecule has 0 unspecified atom stereocenters. The summed E-state index contributed by atoms with van der Waals surface area (Å²) in [6, 6.07) is 0. The minimum absolute atomic E-state index is 0.151. The van der Waals surface area contributed by atoms with Crippen molar-refractivity contribution in [2.24, 2.45) is 5.41 Å². The van der Waals surface area contributed by atoms with Crippen LogP contribution in [0.3, 0.4) is 0 Å². The standard InChI is InChI=1S/C8H11ClF3NO/c1-7(3-8(10,11)12)4-13(5-7)6(14)2-9/h2-5H2,1H3. The van der Waals surface area contributed by atoms with Crippen molar-refractivity contribution >= 4 is 17.5 Å². The monoisotopic (exact) mass is 229 g/mol. The number of nitrogens with zero attached hydrogens (tertiary/aromatic N) is 1. The lowest BCUT2D eigenvalue weighted by molar-refractivity contribution is -0.181. The molecule has 0 atom stereocenters. The van der Waals surface area contributed by atoms with Crippen LogP contribution < -0.4 is 0 Å². The van der Waals surface area contributed by atoms with Crippen LogP contribution in [0.2, 0.25) is 0 Å². The summed E-state index contributed by atoms with van der Waals surface area (Å²) >= 11 is 5.27. The first kappa shape index (κ1) is 11.6. The number of carbonyl (C=O) groups is 1. The van der Waals surface area contributed by atoms with Crippen LogP contribution >= 0.6 is 11.6 Å². The maximum Gasteiger partial charge on any atom is 0.389 e. The van der Waals surface area contributed by atoms with Gasteiger partial charge in [0.25, 0.3) is 0 Å². The SMILES string of the molecule is CC1(CC(F)(F)F)CN(C(=O)CCl)C1. The van der Waals surface area contributed by atoms with Crippen molar-refractivity contribution < 1.29 is 18.0 Å². The van der Waals surface area contributed by atoms with Gasteiger partial charge in [-0.25, -0.2) is 0 Å². The Kier molecular flexibility index (Phi) is 2.99. The van der Waals surface area contributed by atoms with Gasteiger partial charge in [0.1, 0.15) is 5.88 Å². The van der Waals surface area contributed by atoms with Gasteiger partial charge < -0.3 is 4.90 Å². The second-order valence-corrected chi connectivity index (χ2v) is 4.25. The van der Waals surface area contributed by atoms with Crippen LogP contribution in [-0.4, -0.2) is 36.0 Å². The summed E-state index contributed by atoms with van der Waals surface area (Å²) in [5.74, 6) is -0.464. The number of alkyl halides is 4. The summed E-state index contributed by atoms with van der Waals surface area (Å²) in [5, 5.41) is 0. The fourth-order valence-corrected chi connectivity index (χ4v) is 1.90. The summed E-state index contributed by atoms with van der Waals surface area (Å²) in [4.78, 5) is 12.3. The number of halogens is 4. The van der Waals surface area contributed by atoms with Crippen LogP contribution in [0.4, 0.5) is 13.2 Å². The quantitative estimate of drug-likeness (QED) is 0.664. The van der Waals surface area contributed by atoms with Crippen molar-refractivity contribution in [3.8, 4) is 0 Å². The molecule has 1 aliphatic rings. The van der Waals surface area contributed by atoms with Crippen LogP contribution in [0.15, 0.2) is 0 Å². The van der Waals surface area contributed by atoms with E-state index < -0.39 is 18.0 Å². The van der Waals surface area contributed by atoms with E-state index in [1.54, 1.807) is 0 Å². The summed E-state index contributed by atoms with van der Waals surface area (Å²) in [6.45, 7) is 1.83. The first-order chi connectivity index (χ1) is 6.26. The highest BCUT2D eigenvalue weighted by molar-refractivity contribution is 6.27. The van der Waals surface area contributed by atoms with Crippen molar-refractivity contribution in [2.45, 2.75) is 19.5 Å². The van der Waals surface area contributed by atoms with E-state index in [0.29, 0.717) is 0 Å². The molecule has 1 aliphatic heterocycles. The van der Waals surface area contributed by atoms with E-state index in [2.05, 4.69) is 0 Å². The molecule has 1 amide bonds. The van der Waals surface area contributed by atoms with Crippen molar-refractivity contribution in [3.05, 3.63) is 0 Å². The molecule has 1 saturated heterocycles. The molecule has 0 aliphatic carbocycles. The van der Waals surface area contributed by atoms with Gasteiger partial charge in [-0.1, -0.05) is 6.92 Å². The second-order valence-electron chi connectivity index (χ2n) is 3.99. The summed E-state index contributed by atoms with van der Waals surface area (Å²) in [6.07, 6.45) is -5.00. The molecule has 1 heterocycles. The van der Waals surface area contributed by atoms with Gasteiger partial charge in [0.2, 0.25) is 5.91 Å². The lowest BCUT2D eigenvalue weighted by atomic mass is 9.78. The smallest absolute Gasteiger partial charge is 0.340 e. The van der Waals surface area contributed by atoms with Gasteiger partial charge in [0.15, 0.2) is 0 Å². The van der Waals surface area contributed by atoms with E-state index >= 15 is 0 Å². The number of hydrogen-bond donors (Lipinski definition) is 0. The van der Waals surface area contributed by atoms with Gasteiger partial charge in [-0.15, -0.1) is 11.6 Å². The Morgan fingerprint density at radius 3 is 2.36 bits per heavy atom. The molecule has 1 fully saturated rings. The van der Waals surface area contributed by atoms with Crippen molar-refractivity contribution in [1.29, 1.82) is 0 Å². The Morgan fingerprint density at radius 1 is 1.50 bits per heavy atom. The van der Waals surface area contributed by atoms with Crippen LogP contribution in [0, 0.1) is 5.41 Å². The van der Waals surface area contributed by atoms with Crippen LogP contribution in [-0.2, 0) is 4.79 Å². The lowest BCUT2D eigenvalue weighted by Gasteiger charge is -2.48. The maximum absolute atomic E-state index is 12.1. The second kappa shape index (κ2) is 3.61. The molecule has 82 valence electrons. The largest absolute Gasteiger partial charge is 0.389 e. The average molecular weight is 230 g/mol. The maximum atomic E-state index is 12.1. The predicted molar refractivity (Wildman–Crippen MR) is 46.1 cm³/mol. The number of rotatable bonds is 2. The molecule has 0 spiro atoms. The molecule has 0 aromatic heterocycles. The van der Waals surface area contributed by atoms with Crippen molar-refractivity contribution in [1.82, 2.24) is 4.90 Å². The zero-order valence-electron chi connectivity index (χ0n) is 7.70. The van der Waals surface area contributed by atoms with E-state index in [4.69, 9.17) is 11.6 Å². The van der Waals surface area contributed by atoms with Gasteiger partial charge in [-0.05, 0) is 0 Å². The summed E-state index contributed by atoms with van der Waals surface area (Å²) < 4.78 is 36.2. The first-order valence-corrected chi connectivity index (χ1v) is 4.70. The fraction of sp³-hybridized carbons (Fsp3) is 0.875. The number of likely N-dealkylation sites (tertiary alicyclic amines) is 1.